The van der Waals surface area contributed by atoms with E-state index in [4.69, 9.17) is 5.73 Å². The lowest BCUT2D eigenvalue weighted by Gasteiger charge is -2.42. The lowest BCUT2D eigenvalue weighted by molar-refractivity contribution is 0.0901. The molecule has 19 heavy (non-hydrogen) atoms. The maximum Gasteiger partial charge on any atom is 0.0331 e. The van der Waals surface area contributed by atoms with Crippen molar-refractivity contribution in [1.29, 1.82) is 0 Å². The fourth-order valence-corrected chi connectivity index (χ4v) is 3.82. The summed E-state index contributed by atoms with van der Waals surface area (Å²) >= 11 is 0. The van der Waals surface area contributed by atoms with Gasteiger partial charge in [-0.25, -0.2) is 0 Å². The summed E-state index contributed by atoms with van der Waals surface area (Å²) in [6, 6.07) is 0.844. The molecular weight excluding hydrogens is 232 g/mol. The van der Waals surface area contributed by atoms with Crippen LogP contribution in [0.5, 0.6) is 0 Å². The Kier molecular flexibility index (Phi) is 6.15. The maximum atomic E-state index is 6.24. The Morgan fingerprint density at radius 1 is 0.842 bits per heavy atom. The molecule has 2 fully saturated rings. The van der Waals surface area contributed by atoms with E-state index in [-0.39, 0.29) is 0 Å². The molecule has 0 amide bonds. The molecule has 0 radical (unpaired) electrons. The Bertz CT molecular complexity index is 236. The molecule has 0 aromatic carbocycles. The van der Waals surface area contributed by atoms with Gasteiger partial charge in [-0.05, 0) is 32.7 Å². The van der Waals surface area contributed by atoms with Crippen LogP contribution in [0, 0.1) is 0 Å². The van der Waals surface area contributed by atoms with Crippen molar-refractivity contribution in [3.05, 3.63) is 0 Å². The highest BCUT2D eigenvalue weighted by molar-refractivity contribution is 4.97. The zero-order valence-corrected chi connectivity index (χ0v) is 13.0. The van der Waals surface area contributed by atoms with Crippen LogP contribution in [0.15, 0.2) is 0 Å². The number of nitrogens with zero attached hydrogens (tertiary/aromatic N) is 1. The molecule has 2 N–H and O–H groups in total. The second kappa shape index (κ2) is 7.64. The average Bonchev–Trinajstić information content (AvgIpc) is 3.23. The standard InChI is InChI=1S/C17H34N2/c1-19(16-11-12-16)17(15-18)13-9-7-5-3-2-4-6-8-10-14-17/h16H,2-15,18H2,1H3. The van der Waals surface area contributed by atoms with Gasteiger partial charge in [-0.1, -0.05) is 57.8 Å². The smallest absolute Gasteiger partial charge is 0.0331 e. The summed E-state index contributed by atoms with van der Waals surface area (Å²) in [4.78, 5) is 2.67. The Morgan fingerprint density at radius 2 is 1.26 bits per heavy atom. The van der Waals surface area contributed by atoms with Gasteiger partial charge in [-0.3, -0.25) is 4.90 Å². The molecule has 0 bridgehead atoms. The van der Waals surface area contributed by atoms with Gasteiger partial charge in [0.2, 0.25) is 0 Å². The first-order valence-electron chi connectivity index (χ1n) is 8.71. The topological polar surface area (TPSA) is 29.3 Å². The fraction of sp³-hybridized carbons (Fsp3) is 1.00. The quantitative estimate of drug-likeness (QED) is 0.834. The molecule has 0 aromatic heterocycles. The molecule has 0 spiro atoms. The zero-order valence-electron chi connectivity index (χ0n) is 13.0. The molecule has 2 heteroatoms. The lowest BCUT2D eigenvalue weighted by Crippen LogP contribution is -2.53. The molecule has 2 saturated carbocycles. The van der Waals surface area contributed by atoms with Crippen LogP contribution in [0.1, 0.15) is 83.5 Å². The van der Waals surface area contributed by atoms with Gasteiger partial charge in [-0.15, -0.1) is 0 Å². The van der Waals surface area contributed by atoms with E-state index in [0.717, 1.165) is 12.6 Å². The van der Waals surface area contributed by atoms with Crippen molar-refractivity contribution in [3.63, 3.8) is 0 Å². The van der Waals surface area contributed by atoms with Gasteiger partial charge in [0.25, 0.3) is 0 Å². The number of likely N-dealkylation sites (N-methyl/N-ethyl adjacent to an activating group) is 1. The predicted octanol–water partition coefficient (Wildman–Crippen LogP) is 4.08. The van der Waals surface area contributed by atoms with E-state index < -0.39 is 0 Å². The highest BCUT2D eigenvalue weighted by Gasteiger charge is 2.40. The van der Waals surface area contributed by atoms with Crippen LogP contribution in [-0.2, 0) is 0 Å². The molecule has 0 unspecified atom stereocenters. The molecule has 2 rings (SSSR count). The maximum absolute atomic E-state index is 6.24. The Labute approximate surface area is 120 Å². The molecular formula is C17H34N2. The van der Waals surface area contributed by atoms with E-state index in [1.54, 1.807) is 0 Å². The van der Waals surface area contributed by atoms with E-state index in [9.17, 15) is 0 Å². The normalized spacial score (nSPS) is 26.7. The van der Waals surface area contributed by atoms with Gasteiger partial charge in [0.05, 0.1) is 0 Å². The van der Waals surface area contributed by atoms with Crippen molar-refractivity contribution in [3.8, 4) is 0 Å². The number of nitrogens with two attached hydrogens (primary N) is 1. The zero-order chi connectivity index (χ0) is 13.6. The van der Waals surface area contributed by atoms with Gasteiger partial charge < -0.3 is 5.73 Å². The van der Waals surface area contributed by atoms with Crippen LogP contribution in [-0.4, -0.2) is 30.1 Å². The van der Waals surface area contributed by atoms with Crippen molar-refractivity contribution in [2.45, 2.75) is 95.1 Å². The van der Waals surface area contributed by atoms with E-state index in [1.165, 1.54) is 83.5 Å². The van der Waals surface area contributed by atoms with Crippen LogP contribution >= 0.6 is 0 Å². The fourth-order valence-electron chi connectivity index (χ4n) is 3.82. The summed E-state index contributed by atoms with van der Waals surface area (Å²) in [5.41, 5.74) is 6.56. The molecule has 0 saturated heterocycles. The first kappa shape index (κ1) is 15.3. The van der Waals surface area contributed by atoms with Gasteiger partial charge in [0.15, 0.2) is 0 Å². The van der Waals surface area contributed by atoms with Gasteiger partial charge in [0.1, 0.15) is 0 Å². The third kappa shape index (κ3) is 4.46. The van der Waals surface area contributed by atoms with E-state index in [0.29, 0.717) is 5.54 Å². The molecule has 0 atom stereocenters. The summed E-state index contributed by atoms with van der Waals surface area (Å²) in [5.74, 6) is 0. The minimum Gasteiger partial charge on any atom is -0.329 e. The third-order valence-electron chi connectivity index (χ3n) is 5.51. The van der Waals surface area contributed by atoms with Gasteiger partial charge >= 0.3 is 0 Å². The number of hydrogen-bond donors (Lipinski definition) is 1. The van der Waals surface area contributed by atoms with Crippen LogP contribution in [0.2, 0.25) is 0 Å². The second-order valence-electron chi connectivity index (χ2n) is 6.95. The first-order valence-corrected chi connectivity index (χ1v) is 8.71. The average molecular weight is 266 g/mol. The van der Waals surface area contributed by atoms with E-state index in [2.05, 4.69) is 11.9 Å². The minimum absolute atomic E-state index is 0.320. The summed E-state index contributed by atoms with van der Waals surface area (Å²) in [7, 11) is 2.34. The molecule has 0 aliphatic heterocycles. The van der Waals surface area contributed by atoms with Crippen LogP contribution in [0.25, 0.3) is 0 Å². The summed E-state index contributed by atoms with van der Waals surface area (Å²) in [5, 5.41) is 0. The van der Waals surface area contributed by atoms with Gasteiger partial charge in [-0.2, -0.15) is 0 Å². The summed E-state index contributed by atoms with van der Waals surface area (Å²) in [6.45, 7) is 0.861. The molecule has 0 heterocycles. The lowest BCUT2D eigenvalue weighted by atomic mass is 9.84. The van der Waals surface area contributed by atoms with E-state index >= 15 is 0 Å². The monoisotopic (exact) mass is 266 g/mol. The largest absolute Gasteiger partial charge is 0.329 e. The number of hydrogen-bond acceptors (Lipinski definition) is 2. The van der Waals surface area contributed by atoms with Crippen LogP contribution < -0.4 is 5.73 Å². The molecule has 112 valence electrons. The second-order valence-corrected chi connectivity index (χ2v) is 6.95. The Hall–Kier alpha value is -0.0800. The summed E-state index contributed by atoms with van der Waals surface area (Å²) in [6.07, 6.45) is 18.3. The Balaban J connectivity index is 1.94. The molecule has 2 aliphatic carbocycles. The Morgan fingerprint density at radius 3 is 1.63 bits per heavy atom. The minimum atomic E-state index is 0.320. The van der Waals surface area contributed by atoms with Crippen LogP contribution in [0.3, 0.4) is 0 Å². The van der Waals surface area contributed by atoms with Crippen molar-refractivity contribution in [2.75, 3.05) is 13.6 Å². The van der Waals surface area contributed by atoms with Crippen molar-refractivity contribution >= 4 is 0 Å². The van der Waals surface area contributed by atoms with E-state index in [1.807, 2.05) is 0 Å². The van der Waals surface area contributed by atoms with Crippen molar-refractivity contribution in [2.24, 2.45) is 5.73 Å². The SMILES string of the molecule is CN(C1CC1)C1(CN)CCCCCCCCCCC1. The number of rotatable bonds is 3. The molecule has 0 aromatic rings. The highest BCUT2D eigenvalue weighted by atomic mass is 15.2. The predicted molar refractivity (Wildman–Crippen MR) is 83.4 cm³/mol. The van der Waals surface area contributed by atoms with Crippen LogP contribution in [0.4, 0.5) is 0 Å². The molecule has 2 aliphatic rings. The first-order chi connectivity index (χ1) is 9.28. The molecule has 2 nitrogen and oxygen atoms in total. The third-order valence-corrected chi connectivity index (χ3v) is 5.51. The summed E-state index contributed by atoms with van der Waals surface area (Å²) < 4.78 is 0. The highest BCUT2D eigenvalue weighted by Crippen LogP contribution is 2.37. The van der Waals surface area contributed by atoms with Crippen molar-refractivity contribution < 1.29 is 0 Å². The van der Waals surface area contributed by atoms with Crippen molar-refractivity contribution in [1.82, 2.24) is 4.90 Å². The van der Waals surface area contributed by atoms with Gasteiger partial charge in [0, 0.05) is 18.1 Å².